The lowest BCUT2D eigenvalue weighted by Gasteiger charge is -2.24. The van der Waals surface area contributed by atoms with Gasteiger partial charge in [-0.3, -0.25) is 9.59 Å². The number of rotatable bonds is 5. The fourth-order valence-corrected chi connectivity index (χ4v) is 3.12. The van der Waals surface area contributed by atoms with Crippen molar-refractivity contribution in [3.05, 3.63) is 71.5 Å². The normalized spacial score (nSPS) is 16.7. The van der Waals surface area contributed by atoms with Gasteiger partial charge in [0.1, 0.15) is 11.9 Å². The molecule has 0 aliphatic carbocycles. The zero-order valence-corrected chi connectivity index (χ0v) is 14.0. The molecule has 2 aromatic carbocycles. The smallest absolute Gasteiger partial charge is 0.243 e. The molecule has 1 aliphatic heterocycles. The molecular formula is C20H21FN2O2. The van der Waals surface area contributed by atoms with E-state index in [2.05, 4.69) is 5.32 Å². The van der Waals surface area contributed by atoms with Crippen molar-refractivity contribution >= 4 is 11.8 Å². The molecule has 2 aromatic rings. The summed E-state index contributed by atoms with van der Waals surface area (Å²) in [5, 5.41) is 2.91. The Kier molecular flexibility index (Phi) is 5.43. The highest BCUT2D eigenvalue weighted by Gasteiger charge is 2.33. The van der Waals surface area contributed by atoms with Gasteiger partial charge in [0.25, 0.3) is 0 Å². The summed E-state index contributed by atoms with van der Waals surface area (Å²) in [7, 11) is 0. The van der Waals surface area contributed by atoms with Crippen LogP contribution in [-0.2, 0) is 22.6 Å². The van der Waals surface area contributed by atoms with Gasteiger partial charge in [0.15, 0.2) is 0 Å². The third kappa shape index (κ3) is 4.44. The maximum atomic E-state index is 13.0. The van der Waals surface area contributed by atoms with E-state index in [1.807, 2.05) is 30.3 Å². The maximum Gasteiger partial charge on any atom is 0.243 e. The van der Waals surface area contributed by atoms with Crippen LogP contribution in [0.25, 0.3) is 0 Å². The molecular weight excluding hydrogens is 319 g/mol. The molecule has 1 atom stereocenters. The molecule has 0 aromatic heterocycles. The fourth-order valence-electron chi connectivity index (χ4n) is 3.12. The quantitative estimate of drug-likeness (QED) is 0.910. The van der Waals surface area contributed by atoms with Crippen molar-refractivity contribution in [1.82, 2.24) is 10.2 Å². The third-order valence-electron chi connectivity index (χ3n) is 4.45. The van der Waals surface area contributed by atoms with Crippen LogP contribution in [0.15, 0.2) is 54.6 Å². The topological polar surface area (TPSA) is 49.4 Å². The minimum absolute atomic E-state index is 0.0935. The molecule has 5 heteroatoms. The van der Waals surface area contributed by atoms with Gasteiger partial charge in [-0.15, -0.1) is 0 Å². The first kappa shape index (κ1) is 17.1. The summed E-state index contributed by atoms with van der Waals surface area (Å²) in [6.45, 7) is 1.04. The first-order valence-electron chi connectivity index (χ1n) is 8.49. The molecule has 1 saturated heterocycles. The van der Waals surface area contributed by atoms with Crippen LogP contribution in [0, 0.1) is 5.82 Å². The molecule has 1 heterocycles. The van der Waals surface area contributed by atoms with E-state index in [0.29, 0.717) is 19.5 Å². The predicted octanol–water partition coefficient (Wildman–Crippen LogP) is 2.68. The molecule has 0 saturated carbocycles. The number of nitrogens with zero attached hydrogens (tertiary/aromatic N) is 1. The van der Waals surface area contributed by atoms with E-state index >= 15 is 0 Å². The van der Waals surface area contributed by atoms with Gasteiger partial charge >= 0.3 is 0 Å². The van der Waals surface area contributed by atoms with Crippen LogP contribution in [0.3, 0.4) is 0 Å². The van der Waals surface area contributed by atoms with E-state index in [9.17, 15) is 14.0 Å². The van der Waals surface area contributed by atoms with Crippen molar-refractivity contribution in [2.75, 3.05) is 6.54 Å². The Morgan fingerprint density at radius 3 is 2.48 bits per heavy atom. The van der Waals surface area contributed by atoms with E-state index < -0.39 is 6.04 Å². The van der Waals surface area contributed by atoms with E-state index in [4.69, 9.17) is 0 Å². The van der Waals surface area contributed by atoms with Crippen molar-refractivity contribution in [3.8, 4) is 0 Å². The second kappa shape index (κ2) is 7.92. The van der Waals surface area contributed by atoms with Gasteiger partial charge in [0.2, 0.25) is 11.8 Å². The van der Waals surface area contributed by atoms with E-state index in [0.717, 1.165) is 17.5 Å². The molecule has 25 heavy (non-hydrogen) atoms. The molecule has 1 fully saturated rings. The number of carbonyl (C=O) groups is 2. The number of hydrogen-bond acceptors (Lipinski definition) is 2. The Morgan fingerprint density at radius 1 is 1.04 bits per heavy atom. The van der Waals surface area contributed by atoms with Crippen LogP contribution in [0.4, 0.5) is 4.39 Å². The van der Waals surface area contributed by atoms with Crippen molar-refractivity contribution in [3.63, 3.8) is 0 Å². The van der Waals surface area contributed by atoms with E-state index in [1.54, 1.807) is 17.0 Å². The van der Waals surface area contributed by atoms with E-state index in [1.165, 1.54) is 12.1 Å². The SMILES string of the molecule is O=C(NCc1ccccc1)[C@@H]1CCCN1C(=O)Cc1ccc(F)cc1. The van der Waals surface area contributed by atoms with E-state index in [-0.39, 0.29) is 24.1 Å². The second-order valence-corrected chi connectivity index (χ2v) is 6.25. The zero-order valence-electron chi connectivity index (χ0n) is 14.0. The Labute approximate surface area is 146 Å². The lowest BCUT2D eigenvalue weighted by atomic mass is 10.1. The number of halogens is 1. The molecule has 0 bridgehead atoms. The van der Waals surface area contributed by atoms with Gasteiger partial charge < -0.3 is 10.2 Å². The molecule has 4 nitrogen and oxygen atoms in total. The summed E-state index contributed by atoms with van der Waals surface area (Å²) in [6.07, 6.45) is 1.68. The average molecular weight is 340 g/mol. The van der Waals surface area contributed by atoms with Gasteiger partial charge in [-0.05, 0) is 36.1 Å². The predicted molar refractivity (Wildman–Crippen MR) is 93.1 cm³/mol. The zero-order chi connectivity index (χ0) is 17.6. The Morgan fingerprint density at radius 2 is 1.76 bits per heavy atom. The number of amides is 2. The number of likely N-dealkylation sites (tertiary alicyclic amines) is 1. The van der Waals surface area contributed by atoms with Crippen LogP contribution in [0.1, 0.15) is 24.0 Å². The summed E-state index contributed by atoms with van der Waals surface area (Å²) in [4.78, 5) is 26.7. The maximum absolute atomic E-state index is 13.0. The number of nitrogens with one attached hydrogen (secondary N) is 1. The summed E-state index contributed by atoms with van der Waals surface area (Å²) < 4.78 is 13.0. The summed E-state index contributed by atoms with van der Waals surface area (Å²) in [6, 6.07) is 15.2. The summed E-state index contributed by atoms with van der Waals surface area (Å²) >= 11 is 0. The van der Waals surface area contributed by atoms with Crippen LogP contribution >= 0.6 is 0 Å². The molecule has 0 unspecified atom stereocenters. The molecule has 130 valence electrons. The molecule has 2 amide bonds. The minimum atomic E-state index is -0.420. The Bertz CT molecular complexity index is 731. The summed E-state index contributed by atoms with van der Waals surface area (Å²) in [5.41, 5.74) is 1.78. The Balaban J connectivity index is 1.58. The highest BCUT2D eigenvalue weighted by atomic mass is 19.1. The van der Waals surface area contributed by atoms with Crippen LogP contribution in [-0.4, -0.2) is 29.3 Å². The van der Waals surface area contributed by atoms with Gasteiger partial charge in [-0.1, -0.05) is 42.5 Å². The largest absolute Gasteiger partial charge is 0.350 e. The van der Waals surface area contributed by atoms with Crippen molar-refractivity contribution in [2.45, 2.75) is 31.8 Å². The first-order chi connectivity index (χ1) is 12.1. The van der Waals surface area contributed by atoms with Crippen molar-refractivity contribution in [1.29, 1.82) is 0 Å². The monoisotopic (exact) mass is 340 g/mol. The fraction of sp³-hybridized carbons (Fsp3) is 0.300. The lowest BCUT2D eigenvalue weighted by Crippen LogP contribution is -2.46. The molecule has 1 aliphatic rings. The van der Waals surface area contributed by atoms with Crippen LogP contribution < -0.4 is 5.32 Å². The van der Waals surface area contributed by atoms with Crippen LogP contribution in [0.5, 0.6) is 0 Å². The number of benzene rings is 2. The number of carbonyl (C=O) groups excluding carboxylic acids is 2. The third-order valence-corrected chi connectivity index (χ3v) is 4.45. The van der Waals surface area contributed by atoms with Gasteiger partial charge in [0.05, 0.1) is 6.42 Å². The second-order valence-electron chi connectivity index (χ2n) is 6.25. The highest BCUT2D eigenvalue weighted by Crippen LogP contribution is 2.19. The van der Waals surface area contributed by atoms with Crippen molar-refractivity contribution < 1.29 is 14.0 Å². The lowest BCUT2D eigenvalue weighted by molar-refractivity contribution is -0.138. The molecule has 1 N–H and O–H groups in total. The van der Waals surface area contributed by atoms with Gasteiger partial charge in [0, 0.05) is 13.1 Å². The average Bonchev–Trinajstić information content (AvgIpc) is 3.12. The summed E-state index contributed by atoms with van der Waals surface area (Å²) in [5.74, 6) is -0.534. The molecule has 3 rings (SSSR count). The highest BCUT2D eigenvalue weighted by molar-refractivity contribution is 5.89. The van der Waals surface area contributed by atoms with Crippen molar-refractivity contribution in [2.24, 2.45) is 0 Å². The number of hydrogen-bond donors (Lipinski definition) is 1. The Hall–Kier alpha value is -2.69. The standard InChI is InChI=1S/C20H21FN2O2/c21-17-10-8-15(9-11-17)13-19(24)23-12-4-7-18(23)20(25)22-14-16-5-2-1-3-6-16/h1-3,5-6,8-11,18H,4,7,12-14H2,(H,22,25)/t18-/m0/s1. The van der Waals surface area contributed by atoms with Gasteiger partial charge in [-0.2, -0.15) is 0 Å². The first-order valence-corrected chi connectivity index (χ1v) is 8.49. The minimum Gasteiger partial charge on any atom is -0.350 e. The van der Waals surface area contributed by atoms with Gasteiger partial charge in [-0.25, -0.2) is 4.39 Å². The molecule has 0 spiro atoms. The molecule has 0 radical (unpaired) electrons. The van der Waals surface area contributed by atoms with Crippen LogP contribution in [0.2, 0.25) is 0 Å².